The quantitative estimate of drug-likeness (QED) is 0.581. The van der Waals surface area contributed by atoms with E-state index in [0.29, 0.717) is 16.6 Å². The van der Waals surface area contributed by atoms with Crippen LogP contribution in [-0.4, -0.2) is 24.2 Å². The van der Waals surface area contributed by atoms with Crippen molar-refractivity contribution >= 4 is 44.8 Å². The molecule has 1 saturated carbocycles. The predicted octanol–water partition coefficient (Wildman–Crippen LogP) is 4.42. The fourth-order valence-electron chi connectivity index (χ4n) is 3.37. The van der Waals surface area contributed by atoms with Gasteiger partial charge >= 0.3 is 0 Å². The zero-order chi connectivity index (χ0) is 21.5. The standard InChI is InChI=1S/C20H16Cl3N3O3S/c21-14-3-1-12(2-4-14)13-9-15(10-13)25-30(28,29)17-7-5-16(6-8-17)26-20(27)19(23)18(22)11-24-26/h1-8,11,13,15,25H,9-10H2. The summed E-state index contributed by atoms with van der Waals surface area (Å²) in [7, 11) is -3.68. The van der Waals surface area contributed by atoms with Gasteiger partial charge in [-0.3, -0.25) is 4.79 Å². The highest BCUT2D eigenvalue weighted by Crippen LogP contribution is 2.37. The Kier molecular flexibility index (Phi) is 5.92. The molecule has 0 radical (unpaired) electrons. The molecule has 30 heavy (non-hydrogen) atoms. The van der Waals surface area contributed by atoms with Crippen LogP contribution >= 0.6 is 34.8 Å². The van der Waals surface area contributed by atoms with Crippen LogP contribution < -0.4 is 10.3 Å². The molecule has 0 bridgehead atoms. The largest absolute Gasteiger partial charge is 0.291 e. The molecular formula is C20H16Cl3N3O3S. The number of halogens is 3. The highest BCUT2D eigenvalue weighted by molar-refractivity contribution is 7.89. The minimum Gasteiger partial charge on any atom is -0.266 e. The van der Waals surface area contributed by atoms with E-state index in [1.54, 1.807) is 0 Å². The number of hydrogen-bond acceptors (Lipinski definition) is 4. The van der Waals surface area contributed by atoms with E-state index >= 15 is 0 Å². The summed E-state index contributed by atoms with van der Waals surface area (Å²) < 4.78 is 29.2. The molecule has 156 valence electrons. The van der Waals surface area contributed by atoms with Crippen LogP contribution in [0.5, 0.6) is 0 Å². The summed E-state index contributed by atoms with van der Waals surface area (Å²) in [4.78, 5) is 12.3. The van der Waals surface area contributed by atoms with E-state index in [1.165, 1.54) is 30.5 Å². The molecular weight excluding hydrogens is 469 g/mol. The van der Waals surface area contributed by atoms with Crippen LogP contribution in [0, 0.1) is 0 Å². The first-order valence-corrected chi connectivity index (χ1v) is 11.7. The molecule has 10 heteroatoms. The SMILES string of the molecule is O=c1c(Cl)c(Cl)cnn1-c1ccc(S(=O)(=O)NC2CC(c3ccc(Cl)cc3)C2)cc1. The highest BCUT2D eigenvalue weighted by atomic mass is 35.5. The number of sulfonamides is 1. The van der Waals surface area contributed by atoms with Gasteiger partial charge in [0.1, 0.15) is 5.02 Å². The van der Waals surface area contributed by atoms with E-state index in [9.17, 15) is 13.2 Å². The van der Waals surface area contributed by atoms with Gasteiger partial charge in [0.05, 0.1) is 21.8 Å². The molecule has 1 fully saturated rings. The normalized spacial score (nSPS) is 18.8. The lowest BCUT2D eigenvalue weighted by Crippen LogP contribution is -2.43. The third-order valence-corrected chi connectivity index (χ3v) is 7.61. The van der Waals surface area contributed by atoms with E-state index in [0.717, 1.165) is 23.1 Å². The lowest BCUT2D eigenvalue weighted by molar-refractivity contribution is 0.326. The van der Waals surface area contributed by atoms with Crippen LogP contribution in [0.4, 0.5) is 0 Å². The molecule has 2 aromatic carbocycles. The molecule has 3 aromatic rings. The molecule has 1 aliphatic carbocycles. The summed E-state index contributed by atoms with van der Waals surface area (Å²) >= 11 is 17.6. The topological polar surface area (TPSA) is 81.1 Å². The summed E-state index contributed by atoms with van der Waals surface area (Å²) in [6, 6.07) is 13.3. The second-order valence-electron chi connectivity index (χ2n) is 7.06. The molecule has 0 atom stereocenters. The fraction of sp³-hybridized carbons (Fsp3) is 0.200. The van der Waals surface area contributed by atoms with Gasteiger partial charge in [-0.25, -0.2) is 13.1 Å². The first-order chi connectivity index (χ1) is 14.2. The van der Waals surface area contributed by atoms with Crippen LogP contribution in [0.25, 0.3) is 5.69 Å². The molecule has 0 aliphatic heterocycles. The van der Waals surface area contributed by atoms with E-state index in [4.69, 9.17) is 34.8 Å². The Morgan fingerprint density at radius 2 is 1.60 bits per heavy atom. The number of nitrogens with one attached hydrogen (secondary N) is 1. The molecule has 6 nitrogen and oxygen atoms in total. The molecule has 1 N–H and O–H groups in total. The average Bonchev–Trinajstić information content (AvgIpc) is 2.70. The van der Waals surface area contributed by atoms with E-state index in [1.807, 2.05) is 24.3 Å². The van der Waals surface area contributed by atoms with Crippen molar-refractivity contribution in [3.8, 4) is 5.69 Å². The van der Waals surface area contributed by atoms with Gasteiger partial charge in [0, 0.05) is 11.1 Å². The van der Waals surface area contributed by atoms with Crippen LogP contribution in [0.1, 0.15) is 24.3 Å². The molecule has 0 saturated heterocycles. The summed E-state index contributed by atoms with van der Waals surface area (Å²) in [5.74, 6) is 0.310. The van der Waals surface area contributed by atoms with Crippen molar-refractivity contribution in [2.75, 3.05) is 0 Å². The molecule has 1 aromatic heterocycles. The number of rotatable bonds is 5. The van der Waals surface area contributed by atoms with Gasteiger partial charge in [-0.1, -0.05) is 46.9 Å². The van der Waals surface area contributed by atoms with E-state index < -0.39 is 15.6 Å². The number of aromatic nitrogens is 2. The molecule has 0 amide bonds. The van der Waals surface area contributed by atoms with Gasteiger partial charge in [0.2, 0.25) is 10.0 Å². The Balaban J connectivity index is 1.45. The molecule has 1 aliphatic rings. The van der Waals surface area contributed by atoms with Crippen molar-refractivity contribution in [2.24, 2.45) is 0 Å². The Hall–Kier alpha value is -1.90. The van der Waals surface area contributed by atoms with Crippen molar-refractivity contribution in [1.82, 2.24) is 14.5 Å². The third-order valence-electron chi connectivity index (χ3n) is 5.07. The minimum atomic E-state index is -3.68. The number of benzene rings is 2. The Labute approximate surface area is 188 Å². The maximum atomic E-state index is 12.7. The molecule has 1 heterocycles. The van der Waals surface area contributed by atoms with Gasteiger partial charge in [-0.2, -0.15) is 9.78 Å². The average molecular weight is 485 g/mol. The first-order valence-electron chi connectivity index (χ1n) is 9.06. The molecule has 4 rings (SSSR count). The summed E-state index contributed by atoms with van der Waals surface area (Å²) in [5.41, 5.74) is 0.948. The van der Waals surface area contributed by atoms with Crippen molar-refractivity contribution in [3.63, 3.8) is 0 Å². The minimum absolute atomic E-state index is 0.0544. The van der Waals surface area contributed by atoms with Gasteiger partial charge in [0.15, 0.2) is 0 Å². The Bertz CT molecular complexity index is 1240. The van der Waals surface area contributed by atoms with Crippen LogP contribution in [0.15, 0.2) is 64.4 Å². The maximum Gasteiger partial charge on any atom is 0.291 e. The molecule has 0 unspecified atom stereocenters. The highest BCUT2D eigenvalue weighted by Gasteiger charge is 2.33. The van der Waals surface area contributed by atoms with Gasteiger partial charge in [-0.05, 0) is 60.7 Å². The van der Waals surface area contributed by atoms with Crippen molar-refractivity contribution < 1.29 is 8.42 Å². The second-order valence-corrected chi connectivity index (χ2v) is 9.99. The maximum absolute atomic E-state index is 12.7. The van der Waals surface area contributed by atoms with Crippen LogP contribution in [-0.2, 0) is 10.0 Å². The summed E-state index contributed by atoms with van der Waals surface area (Å²) in [6.07, 6.45) is 2.70. The van der Waals surface area contributed by atoms with Crippen LogP contribution in [0.2, 0.25) is 15.1 Å². The smallest absolute Gasteiger partial charge is 0.266 e. The van der Waals surface area contributed by atoms with Crippen molar-refractivity contribution in [3.05, 3.63) is 85.7 Å². The van der Waals surface area contributed by atoms with E-state index in [2.05, 4.69) is 9.82 Å². The lowest BCUT2D eigenvalue weighted by atomic mass is 9.76. The molecule has 0 spiro atoms. The third kappa shape index (κ3) is 4.26. The Morgan fingerprint density at radius 3 is 2.23 bits per heavy atom. The second kappa shape index (κ2) is 8.32. The zero-order valence-corrected chi connectivity index (χ0v) is 18.5. The number of nitrogens with zero attached hydrogens (tertiary/aromatic N) is 2. The zero-order valence-electron chi connectivity index (χ0n) is 15.4. The van der Waals surface area contributed by atoms with Gasteiger partial charge in [0.25, 0.3) is 5.56 Å². The fourth-order valence-corrected chi connectivity index (χ4v) is 5.01. The first kappa shape index (κ1) is 21.3. The Morgan fingerprint density at radius 1 is 0.967 bits per heavy atom. The van der Waals surface area contributed by atoms with E-state index in [-0.39, 0.29) is 21.0 Å². The van der Waals surface area contributed by atoms with Crippen molar-refractivity contribution in [2.45, 2.75) is 29.7 Å². The summed E-state index contributed by atoms with van der Waals surface area (Å²) in [6.45, 7) is 0. The van der Waals surface area contributed by atoms with Gasteiger partial charge < -0.3 is 0 Å². The van der Waals surface area contributed by atoms with Crippen molar-refractivity contribution in [1.29, 1.82) is 0 Å². The lowest BCUT2D eigenvalue weighted by Gasteiger charge is -2.36. The van der Waals surface area contributed by atoms with Crippen LogP contribution in [0.3, 0.4) is 0 Å². The monoisotopic (exact) mass is 483 g/mol. The number of hydrogen-bond donors (Lipinski definition) is 1. The van der Waals surface area contributed by atoms with Gasteiger partial charge in [-0.15, -0.1) is 0 Å². The summed E-state index contributed by atoms with van der Waals surface area (Å²) in [5, 5.41) is 4.51. The predicted molar refractivity (Wildman–Crippen MR) is 117 cm³/mol.